The zero-order chi connectivity index (χ0) is 21.0. The van der Waals surface area contributed by atoms with Crippen molar-refractivity contribution in [2.75, 3.05) is 26.2 Å². The maximum absolute atomic E-state index is 13.9. The van der Waals surface area contributed by atoms with Gasteiger partial charge >= 0.3 is 0 Å². The Labute approximate surface area is 171 Å². The minimum absolute atomic E-state index is 0.0431. The van der Waals surface area contributed by atoms with Crippen LogP contribution in [0.2, 0.25) is 5.02 Å². The number of nitrogens with zero attached hydrogens (tertiary/aromatic N) is 2. The van der Waals surface area contributed by atoms with E-state index in [-0.39, 0.29) is 35.7 Å². The molecule has 1 fully saturated rings. The largest absolute Gasteiger partial charge is 0.383 e. The van der Waals surface area contributed by atoms with Gasteiger partial charge in [-0.1, -0.05) is 17.7 Å². The first-order valence-electron chi connectivity index (χ1n) is 9.25. The first kappa shape index (κ1) is 21.0. The van der Waals surface area contributed by atoms with Crippen LogP contribution >= 0.6 is 11.6 Å². The summed E-state index contributed by atoms with van der Waals surface area (Å²) in [4.78, 5) is 42.5. The average Bonchev–Trinajstić information content (AvgIpc) is 2.96. The van der Waals surface area contributed by atoms with Gasteiger partial charge in [-0.15, -0.1) is 0 Å². The number of carbonyl (C=O) groups excluding carboxylic acids is 2. The molecule has 2 aromatic rings. The van der Waals surface area contributed by atoms with Crippen LogP contribution in [0.15, 0.2) is 41.3 Å². The molecule has 1 aliphatic rings. The molecule has 29 heavy (non-hydrogen) atoms. The van der Waals surface area contributed by atoms with Crippen LogP contribution in [0, 0.1) is 5.82 Å². The van der Waals surface area contributed by atoms with E-state index in [0.29, 0.717) is 19.5 Å². The van der Waals surface area contributed by atoms with Crippen LogP contribution < -0.4 is 5.56 Å². The minimum atomic E-state index is -1.44. The number of aliphatic hydroxyl groups excluding tert-OH is 1. The fraction of sp³-hybridized carbons (Fsp3) is 0.350. The summed E-state index contributed by atoms with van der Waals surface area (Å²) < 4.78 is 13.9. The number of carbonyl (C=O) groups is 2. The maximum atomic E-state index is 13.9. The summed E-state index contributed by atoms with van der Waals surface area (Å²) in [6.07, 6.45) is 0.271. The van der Waals surface area contributed by atoms with E-state index in [9.17, 15) is 23.9 Å². The molecule has 1 aromatic carbocycles. The molecule has 1 unspecified atom stereocenters. The fourth-order valence-corrected chi connectivity index (χ4v) is 3.56. The number of rotatable bonds is 4. The zero-order valence-electron chi connectivity index (χ0n) is 15.6. The normalized spacial score (nSPS) is 15.7. The van der Waals surface area contributed by atoms with E-state index in [4.69, 9.17) is 11.6 Å². The number of amides is 2. The highest BCUT2D eigenvalue weighted by molar-refractivity contribution is 6.31. The highest BCUT2D eigenvalue weighted by Crippen LogP contribution is 2.21. The second-order valence-electron chi connectivity index (χ2n) is 6.80. The standard InChI is InChI=1S/C20H21ClFN3O4/c21-15-5-1-6-16(22)14(15)12-17(26)20(29)25-9-3-8-24(10-11-25)19(28)13-4-2-7-23-18(13)27/h1-2,4-7,17,26H,3,8-12H2,(H,23,27). The van der Waals surface area contributed by atoms with E-state index >= 15 is 0 Å². The number of hydrogen-bond acceptors (Lipinski definition) is 4. The average molecular weight is 422 g/mol. The SMILES string of the molecule is O=C(c1ccc[nH]c1=O)N1CCCN(C(=O)C(O)Cc2c(F)cccc2Cl)CC1. The van der Waals surface area contributed by atoms with Gasteiger partial charge in [-0.3, -0.25) is 14.4 Å². The molecule has 154 valence electrons. The van der Waals surface area contributed by atoms with Gasteiger partial charge < -0.3 is 19.9 Å². The number of halogens is 2. The lowest BCUT2D eigenvalue weighted by Gasteiger charge is -2.24. The summed E-state index contributed by atoms with van der Waals surface area (Å²) in [6, 6.07) is 7.20. The summed E-state index contributed by atoms with van der Waals surface area (Å²) in [5.74, 6) is -1.53. The van der Waals surface area contributed by atoms with Crippen LogP contribution in [0.25, 0.3) is 0 Å². The molecule has 0 saturated carbocycles. The highest BCUT2D eigenvalue weighted by atomic mass is 35.5. The molecule has 1 atom stereocenters. The molecule has 2 amide bonds. The van der Waals surface area contributed by atoms with Gasteiger partial charge in [0.2, 0.25) is 0 Å². The van der Waals surface area contributed by atoms with Crippen LogP contribution in [-0.2, 0) is 11.2 Å². The molecule has 0 aliphatic carbocycles. The Morgan fingerprint density at radius 1 is 1.14 bits per heavy atom. The van der Waals surface area contributed by atoms with Gasteiger partial charge in [0.05, 0.1) is 0 Å². The monoisotopic (exact) mass is 421 g/mol. The van der Waals surface area contributed by atoms with Crippen LogP contribution in [0.5, 0.6) is 0 Å². The first-order chi connectivity index (χ1) is 13.9. The van der Waals surface area contributed by atoms with Crippen molar-refractivity contribution in [2.45, 2.75) is 18.9 Å². The second-order valence-corrected chi connectivity index (χ2v) is 7.21. The molecule has 0 bridgehead atoms. The smallest absolute Gasteiger partial charge is 0.260 e. The highest BCUT2D eigenvalue weighted by Gasteiger charge is 2.28. The zero-order valence-corrected chi connectivity index (χ0v) is 16.4. The summed E-state index contributed by atoms with van der Waals surface area (Å²) in [5.41, 5.74) is -0.335. The molecule has 0 radical (unpaired) electrons. The lowest BCUT2D eigenvalue weighted by Crippen LogP contribution is -2.43. The van der Waals surface area contributed by atoms with E-state index < -0.39 is 29.3 Å². The van der Waals surface area contributed by atoms with E-state index in [1.54, 1.807) is 6.07 Å². The molecular weight excluding hydrogens is 401 g/mol. The number of pyridine rings is 1. The molecule has 9 heteroatoms. The summed E-state index contributed by atoms with van der Waals surface area (Å²) in [6.45, 7) is 1.16. The van der Waals surface area contributed by atoms with Crippen molar-refractivity contribution < 1.29 is 19.1 Å². The van der Waals surface area contributed by atoms with E-state index in [1.165, 1.54) is 40.3 Å². The lowest BCUT2D eigenvalue weighted by molar-refractivity contribution is -0.140. The Kier molecular flexibility index (Phi) is 6.66. The lowest BCUT2D eigenvalue weighted by atomic mass is 10.1. The summed E-state index contributed by atoms with van der Waals surface area (Å²) in [7, 11) is 0. The van der Waals surface area contributed by atoms with Crippen molar-refractivity contribution in [3.05, 3.63) is 68.8 Å². The number of benzene rings is 1. The van der Waals surface area contributed by atoms with Crippen LogP contribution in [0.1, 0.15) is 22.3 Å². The second kappa shape index (κ2) is 9.19. The van der Waals surface area contributed by atoms with Gasteiger partial charge in [-0.05, 0) is 30.7 Å². The summed E-state index contributed by atoms with van der Waals surface area (Å²) >= 11 is 5.97. The third-order valence-corrected chi connectivity index (χ3v) is 5.24. The van der Waals surface area contributed by atoms with Crippen LogP contribution in [0.4, 0.5) is 4.39 Å². The Hall–Kier alpha value is -2.71. The van der Waals surface area contributed by atoms with Crippen molar-refractivity contribution >= 4 is 23.4 Å². The van der Waals surface area contributed by atoms with Crippen molar-refractivity contribution in [1.29, 1.82) is 0 Å². The van der Waals surface area contributed by atoms with Crippen molar-refractivity contribution in [3.8, 4) is 0 Å². The molecule has 3 rings (SSSR count). The molecule has 1 aliphatic heterocycles. The Bertz CT molecular complexity index is 944. The van der Waals surface area contributed by atoms with Crippen molar-refractivity contribution in [1.82, 2.24) is 14.8 Å². The number of hydrogen-bond donors (Lipinski definition) is 2. The number of aromatic nitrogens is 1. The van der Waals surface area contributed by atoms with E-state index in [0.717, 1.165) is 0 Å². The van der Waals surface area contributed by atoms with Gasteiger partial charge in [-0.25, -0.2) is 4.39 Å². The molecule has 2 N–H and O–H groups in total. The molecular formula is C20H21ClFN3O4. The van der Waals surface area contributed by atoms with Crippen LogP contribution in [0.3, 0.4) is 0 Å². The molecule has 0 spiro atoms. The molecule has 2 heterocycles. The maximum Gasteiger partial charge on any atom is 0.260 e. The van der Waals surface area contributed by atoms with Gasteiger partial charge in [0, 0.05) is 49.4 Å². The fourth-order valence-electron chi connectivity index (χ4n) is 3.32. The number of aromatic amines is 1. The molecule has 7 nitrogen and oxygen atoms in total. The predicted octanol–water partition coefficient (Wildman–Crippen LogP) is 1.45. The Morgan fingerprint density at radius 2 is 1.86 bits per heavy atom. The molecule has 1 saturated heterocycles. The van der Waals surface area contributed by atoms with E-state index in [1.807, 2.05) is 0 Å². The minimum Gasteiger partial charge on any atom is -0.383 e. The van der Waals surface area contributed by atoms with Gasteiger partial charge in [0.1, 0.15) is 17.5 Å². The van der Waals surface area contributed by atoms with Crippen molar-refractivity contribution in [3.63, 3.8) is 0 Å². The topological polar surface area (TPSA) is 93.7 Å². The van der Waals surface area contributed by atoms with Gasteiger partial charge in [-0.2, -0.15) is 0 Å². The van der Waals surface area contributed by atoms with Crippen LogP contribution in [-0.4, -0.2) is 64.0 Å². The quantitative estimate of drug-likeness (QED) is 0.781. The number of H-pyrrole nitrogens is 1. The first-order valence-corrected chi connectivity index (χ1v) is 9.63. The Morgan fingerprint density at radius 3 is 2.59 bits per heavy atom. The van der Waals surface area contributed by atoms with Crippen molar-refractivity contribution in [2.24, 2.45) is 0 Å². The summed E-state index contributed by atoms with van der Waals surface area (Å²) in [5, 5.41) is 10.5. The third kappa shape index (κ3) is 4.83. The van der Waals surface area contributed by atoms with Gasteiger partial charge in [0.25, 0.3) is 17.4 Å². The Balaban J connectivity index is 1.64. The predicted molar refractivity (Wildman–Crippen MR) is 105 cm³/mol. The van der Waals surface area contributed by atoms with E-state index in [2.05, 4.69) is 4.98 Å². The number of aliphatic hydroxyl groups is 1. The third-order valence-electron chi connectivity index (χ3n) is 4.89. The van der Waals surface area contributed by atoms with Gasteiger partial charge in [0.15, 0.2) is 0 Å². The number of nitrogens with one attached hydrogen (secondary N) is 1. The molecule has 1 aromatic heterocycles.